The van der Waals surface area contributed by atoms with Crippen molar-refractivity contribution in [3.8, 4) is 0 Å². The number of aromatic nitrogens is 2. The molecule has 0 bridgehead atoms. The molecule has 7 nitrogen and oxygen atoms in total. The maximum Gasteiger partial charge on any atom is 0.242 e. The number of benzene rings is 3. The highest BCUT2D eigenvalue weighted by atomic mass is 32.2. The van der Waals surface area contributed by atoms with E-state index < -0.39 is 10.0 Å². The third-order valence-electron chi connectivity index (χ3n) is 5.68. The van der Waals surface area contributed by atoms with Crippen LogP contribution >= 0.6 is 11.8 Å². The molecule has 1 N–H and O–H groups in total. The maximum atomic E-state index is 12.8. The lowest BCUT2D eigenvalue weighted by atomic mass is 10.1. The van der Waals surface area contributed by atoms with Gasteiger partial charge in [0.05, 0.1) is 21.7 Å². The summed E-state index contributed by atoms with van der Waals surface area (Å²) in [7, 11) is -0.633. The van der Waals surface area contributed by atoms with Crippen LogP contribution < -0.4 is 5.32 Å². The lowest BCUT2D eigenvalue weighted by molar-refractivity contribution is -0.113. The maximum absolute atomic E-state index is 12.8. The first-order chi connectivity index (χ1) is 16.8. The molecular weight excluding hydrogens is 480 g/mol. The van der Waals surface area contributed by atoms with Gasteiger partial charge in [-0.3, -0.25) is 4.79 Å². The van der Waals surface area contributed by atoms with Gasteiger partial charge >= 0.3 is 0 Å². The number of sulfonamides is 1. The zero-order valence-electron chi connectivity index (χ0n) is 19.9. The molecule has 0 fully saturated rings. The molecule has 1 amide bonds. The molecule has 4 aromatic rings. The van der Waals surface area contributed by atoms with Gasteiger partial charge in [0.2, 0.25) is 15.9 Å². The van der Waals surface area contributed by atoms with E-state index in [1.807, 2.05) is 49.4 Å². The van der Waals surface area contributed by atoms with Gasteiger partial charge in [0.1, 0.15) is 0 Å². The Morgan fingerprint density at radius 1 is 1.03 bits per heavy atom. The van der Waals surface area contributed by atoms with Crippen molar-refractivity contribution in [2.45, 2.75) is 29.9 Å². The minimum Gasteiger partial charge on any atom is -0.325 e. The highest BCUT2D eigenvalue weighted by Gasteiger charge is 2.19. The van der Waals surface area contributed by atoms with E-state index in [2.05, 4.69) is 22.0 Å². The van der Waals surface area contributed by atoms with Gasteiger partial charge < -0.3 is 9.88 Å². The van der Waals surface area contributed by atoms with Gasteiger partial charge in [-0.2, -0.15) is 0 Å². The molecule has 0 aliphatic rings. The van der Waals surface area contributed by atoms with Gasteiger partial charge in [0, 0.05) is 26.3 Å². The smallest absolute Gasteiger partial charge is 0.242 e. The number of thioether (sulfide) groups is 1. The van der Waals surface area contributed by atoms with Gasteiger partial charge in [-0.05, 0) is 48.7 Å². The van der Waals surface area contributed by atoms with E-state index in [-0.39, 0.29) is 16.6 Å². The molecule has 0 saturated carbocycles. The Balaban J connectivity index is 1.49. The van der Waals surface area contributed by atoms with Crippen molar-refractivity contribution in [2.24, 2.45) is 0 Å². The van der Waals surface area contributed by atoms with Crippen molar-refractivity contribution >= 4 is 44.4 Å². The van der Waals surface area contributed by atoms with Crippen LogP contribution in [0.25, 0.3) is 11.0 Å². The Morgan fingerprint density at radius 3 is 2.49 bits per heavy atom. The van der Waals surface area contributed by atoms with Crippen molar-refractivity contribution in [2.75, 3.05) is 25.2 Å². The van der Waals surface area contributed by atoms with Crippen molar-refractivity contribution in [1.29, 1.82) is 0 Å². The van der Waals surface area contributed by atoms with Gasteiger partial charge in [0.15, 0.2) is 5.16 Å². The number of carbonyl (C=O) groups is 1. The molecule has 0 spiro atoms. The van der Waals surface area contributed by atoms with Crippen LogP contribution in [0.5, 0.6) is 0 Å². The number of anilines is 1. The standard InChI is InChI=1S/C26H28N4O3S2/c1-19-13-14-21(35(32,33)29(2)3)17-23(19)27-25(31)18-34-26-28-22-11-7-8-12-24(22)30(26)16-15-20-9-5-4-6-10-20/h4-14,17H,15-16,18H2,1-3H3,(H,27,31). The fraction of sp³-hybridized carbons (Fsp3) is 0.231. The highest BCUT2D eigenvalue weighted by Crippen LogP contribution is 2.26. The molecule has 35 heavy (non-hydrogen) atoms. The van der Waals surface area contributed by atoms with Crippen LogP contribution in [0, 0.1) is 6.92 Å². The minimum absolute atomic E-state index is 0.138. The number of amides is 1. The summed E-state index contributed by atoms with van der Waals surface area (Å²) in [6, 6.07) is 23.0. The van der Waals surface area contributed by atoms with E-state index in [1.165, 1.54) is 37.5 Å². The average Bonchev–Trinajstić information content (AvgIpc) is 3.20. The van der Waals surface area contributed by atoms with Gasteiger partial charge in [0.25, 0.3) is 0 Å². The normalized spacial score (nSPS) is 11.8. The summed E-state index contributed by atoms with van der Waals surface area (Å²) in [5, 5.41) is 3.64. The predicted octanol–water partition coefficient (Wildman–Crippen LogP) is 4.57. The third kappa shape index (κ3) is 5.75. The van der Waals surface area contributed by atoms with E-state index in [4.69, 9.17) is 4.98 Å². The minimum atomic E-state index is -3.59. The largest absolute Gasteiger partial charge is 0.325 e. The molecule has 1 heterocycles. The summed E-state index contributed by atoms with van der Waals surface area (Å²) in [5.74, 6) is -0.0714. The fourth-order valence-electron chi connectivity index (χ4n) is 3.69. The van der Waals surface area contributed by atoms with Crippen molar-refractivity contribution in [3.05, 3.63) is 83.9 Å². The molecule has 9 heteroatoms. The van der Waals surface area contributed by atoms with Crippen molar-refractivity contribution < 1.29 is 13.2 Å². The van der Waals surface area contributed by atoms with Crippen LogP contribution in [0.3, 0.4) is 0 Å². The second-order valence-corrected chi connectivity index (χ2v) is 11.5. The molecule has 3 aromatic carbocycles. The summed E-state index contributed by atoms with van der Waals surface area (Å²) in [5.41, 5.74) is 4.43. The van der Waals surface area contributed by atoms with E-state index >= 15 is 0 Å². The van der Waals surface area contributed by atoms with Crippen LogP contribution in [0.1, 0.15) is 11.1 Å². The topological polar surface area (TPSA) is 84.3 Å². The molecule has 4 rings (SSSR count). The van der Waals surface area contributed by atoms with E-state index in [0.29, 0.717) is 5.69 Å². The number of nitrogens with one attached hydrogen (secondary N) is 1. The van der Waals surface area contributed by atoms with Crippen LogP contribution in [0.4, 0.5) is 5.69 Å². The zero-order chi connectivity index (χ0) is 25.0. The summed E-state index contributed by atoms with van der Waals surface area (Å²) in [6.07, 6.45) is 0.854. The molecule has 0 atom stereocenters. The zero-order valence-corrected chi connectivity index (χ0v) is 21.6. The van der Waals surface area contributed by atoms with Crippen LogP contribution in [0.15, 0.2) is 82.8 Å². The van der Waals surface area contributed by atoms with Crippen molar-refractivity contribution in [1.82, 2.24) is 13.9 Å². The molecule has 0 aliphatic heterocycles. The Hall–Kier alpha value is -3.14. The van der Waals surface area contributed by atoms with Gasteiger partial charge in [-0.25, -0.2) is 17.7 Å². The molecule has 0 radical (unpaired) electrons. The van der Waals surface area contributed by atoms with Crippen molar-refractivity contribution in [3.63, 3.8) is 0 Å². The molecule has 0 aliphatic carbocycles. The number of aryl methyl sites for hydroxylation is 3. The first-order valence-electron chi connectivity index (χ1n) is 11.2. The lowest BCUT2D eigenvalue weighted by Crippen LogP contribution is -2.22. The Bertz CT molecular complexity index is 1450. The number of hydrogen-bond donors (Lipinski definition) is 1. The number of hydrogen-bond acceptors (Lipinski definition) is 5. The second kappa shape index (κ2) is 10.6. The third-order valence-corrected chi connectivity index (χ3v) is 8.47. The van der Waals surface area contributed by atoms with Gasteiger partial charge in [-0.15, -0.1) is 0 Å². The number of rotatable bonds is 9. The Morgan fingerprint density at radius 2 is 1.74 bits per heavy atom. The van der Waals surface area contributed by atoms with Crippen LogP contribution in [-0.2, 0) is 27.8 Å². The summed E-state index contributed by atoms with van der Waals surface area (Å²) < 4.78 is 28.3. The van der Waals surface area contributed by atoms with E-state index in [0.717, 1.165) is 39.0 Å². The number of nitrogens with zero attached hydrogens (tertiary/aromatic N) is 3. The Kier molecular flexibility index (Phi) is 7.59. The van der Waals surface area contributed by atoms with Gasteiger partial charge in [-0.1, -0.05) is 60.3 Å². The summed E-state index contributed by atoms with van der Waals surface area (Å²) in [4.78, 5) is 17.7. The number of carbonyl (C=O) groups excluding carboxylic acids is 1. The van der Waals surface area contributed by atoms with Crippen LogP contribution in [0.2, 0.25) is 0 Å². The summed E-state index contributed by atoms with van der Waals surface area (Å²) in [6.45, 7) is 2.58. The fourth-order valence-corrected chi connectivity index (χ4v) is 5.46. The first kappa shape index (κ1) is 25.0. The highest BCUT2D eigenvalue weighted by molar-refractivity contribution is 7.99. The first-order valence-corrected chi connectivity index (χ1v) is 13.6. The molecule has 1 aromatic heterocycles. The predicted molar refractivity (Wildman–Crippen MR) is 141 cm³/mol. The molecule has 0 saturated heterocycles. The molecule has 182 valence electrons. The molecular formula is C26H28N4O3S2. The monoisotopic (exact) mass is 508 g/mol. The number of imidazole rings is 1. The Labute approximate surface area is 210 Å². The lowest BCUT2D eigenvalue weighted by Gasteiger charge is -2.14. The van der Waals surface area contributed by atoms with E-state index in [1.54, 1.807) is 12.1 Å². The number of fused-ring (bicyclic) bond motifs is 1. The van der Waals surface area contributed by atoms with E-state index in [9.17, 15) is 13.2 Å². The second-order valence-electron chi connectivity index (χ2n) is 8.37. The SMILES string of the molecule is Cc1ccc(S(=O)(=O)N(C)C)cc1NC(=O)CSc1nc2ccccc2n1CCc1ccccc1. The average molecular weight is 509 g/mol. The quantitative estimate of drug-likeness (QED) is 0.335. The number of para-hydroxylation sites is 2. The summed E-state index contributed by atoms with van der Waals surface area (Å²) >= 11 is 1.37. The molecule has 0 unspecified atom stereocenters. The van der Waals surface area contributed by atoms with Crippen LogP contribution in [-0.4, -0.2) is 48.0 Å².